The van der Waals surface area contributed by atoms with Crippen LogP contribution in [0, 0.1) is 0 Å². The van der Waals surface area contributed by atoms with Crippen molar-refractivity contribution in [3.63, 3.8) is 0 Å². The van der Waals surface area contributed by atoms with Crippen LogP contribution in [0.15, 0.2) is 24.3 Å². The predicted molar refractivity (Wildman–Crippen MR) is 52.4 cm³/mol. The minimum absolute atomic E-state index is 0.283. The molecule has 1 aromatic carbocycles. The molecule has 1 N–H and O–H groups in total. The molecule has 1 nitrogen and oxygen atoms in total. The predicted octanol–water partition coefficient (Wildman–Crippen LogP) is 3.92. The summed E-state index contributed by atoms with van der Waals surface area (Å²) in [7, 11) is 0. The molecule has 0 aliphatic carbocycles. The molecule has 0 fully saturated rings. The van der Waals surface area contributed by atoms with Gasteiger partial charge in [-0.1, -0.05) is 23.7 Å². The zero-order chi connectivity index (χ0) is 12.6. The Kier molecular flexibility index (Phi) is 3.59. The van der Waals surface area contributed by atoms with E-state index in [2.05, 4.69) is 11.6 Å². The van der Waals surface area contributed by atoms with Gasteiger partial charge in [0.05, 0.1) is 0 Å². The number of phenolic OH excluding ortho intramolecular Hbond substituents is 1. The molecule has 0 amide bonds. The Morgan fingerprint density at radius 3 is 1.88 bits per heavy atom. The highest BCUT2D eigenvalue weighted by molar-refractivity contribution is 6.25. The van der Waals surface area contributed by atoms with E-state index in [-0.39, 0.29) is 5.75 Å². The van der Waals surface area contributed by atoms with E-state index >= 15 is 0 Å². The van der Waals surface area contributed by atoms with E-state index in [4.69, 9.17) is 16.7 Å². The second-order valence-corrected chi connectivity index (χ2v) is 3.91. The summed E-state index contributed by atoms with van der Waals surface area (Å²) in [6.07, 6.45) is 0. The maximum Gasteiger partial charge on any atom is 0.363 e. The second-order valence-electron chi connectivity index (χ2n) is 3.06. The molecular formula is C9H6Cl2F4O. The highest BCUT2D eigenvalue weighted by Crippen LogP contribution is 2.49. The van der Waals surface area contributed by atoms with Gasteiger partial charge in [-0.15, -0.1) is 0 Å². The van der Waals surface area contributed by atoms with Crippen LogP contribution in [0.3, 0.4) is 0 Å². The molecule has 0 bridgehead atoms. The Morgan fingerprint density at radius 2 is 1.56 bits per heavy atom. The Morgan fingerprint density at radius 1 is 1.12 bits per heavy atom. The maximum atomic E-state index is 13.8. The van der Waals surface area contributed by atoms with E-state index in [1.165, 1.54) is 0 Å². The molecule has 16 heavy (non-hydrogen) atoms. The number of rotatable bonds is 3. The summed E-state index contributed by atoms with van der Waals surface area (Å²) in [5, 5.41) is 4.39. The van der Waals surface area contributed by atoms with E-state index < -0.39 is 22.2 Å². The van der Waals surface area contributed by atoms with Gasteiger partial charge in [-0.25, -0.2) is 8.78 Å². The van der Waals surface area contributed by atoms with Crippen LogP contribution in [-0.2, 0) is 5.67 Å². The van der Waals surface area contributed by atoms with Gasteiger partial charge in [0.1, 0.15) is 5.75 Å². The first-order valence-electron chi connectivity index (χ1n) is 4.03. The number of phenols is 1. The third-order valence-electron chi connectivity index (χ3n) is 2.00. The smallest absolute Gasteiger partial charge is 0.363 e. The van der Waals surface area contributed by atoms with E-state index in [0.717, 1.165) is 24.3 Å². The van der Waals surface area contributed by atoms with Gasteiger partial charge in [0.2, 0.25) is 5.63 Å². The molecule has 0 saturated heterocycles. The largest absolute Gasteiger partial charge is 0.508 e. The van der Waals surface area contributed by atoms with Crippen molar-refractivity contribution < 1.29 is 22.7 Å². The van der Waals surface area contributed by atoms with Crippen molar-refractivity contribution in [3.05, 3.63) is 29.8 Å². The SMILES string of the molecule is Oc1ccc(C(F)(C(F)Cl)C(F)(F)Cl)cc1. The molecule has 90 valence electrons. The summed E-state index contributed by atoms with van der Waals surface area (Å²) in [4.78, 5) is 0. The zero-order valence-corrected chi connectivity index (χ0v) is 9.11. The average Bonchev–Trinajstić information content (AvgIpc) is 2.15. The first-order valence-corrected chi connectivity index (χ1v) is 4.84. The normalized spacial score (nSPS) is 17.9. The minimum Gasteiger partial charge on any atom is -0.508 e. The minimum atomic E-state index is -4.51. The van der Waals surface area contributed by atoms with E-state index in [0.29, 0.717) is 0 Å². The number of alkyl halides is 6. The molecule has 0 aliphatic rings. The van der Waals surface area contributed by atoms with Gasteiger partial charge in [-0.05, 0) is 23.7 Å². The lowest BCUT2D eigenvalue weighted by Gasteiger charge is -2.29. The van der Waals surface area contributed by atoms with Crippen molar-refractivity contribution in [1.82, 2.24) is 0 Å². The summed E-state index contributed by atoms with van der Waals surface area (Å²) in [5.41, 5.74) is -7.64. The van der Waals surface area contributed by atoms with Gasteiger partial charge in [-0.2, -0.15) is 8.78 Å². The molecule has 1 rings (SSSR count). The molecule has 1 aromatic rings. The topological polar surface area (TPSA) is 20.2 Å². The molecule has 0 saturated carbocycles. The van der Waals surface area contributed by atoms with Crippen LogP contribution < -0.4 is 0 Å². The summed E-state index contributed by atoms with van der Waals surface area (Å²) in [5.74, 6) is -0.283. The third kappa shape index (κ3) is 2.20. The van der Waals surface area contributed by atoms with Gasteiger partial charge < -0.3 is 5.11 Å². The molecule has 0 heterocycles. The van der Waals surface area contributed by atoms with Crippen LogP contribution in [0.25, 0.3) is 0 Å². The molecule has 2 atom stereocenters. The van der Waals surface area contributed by atoms with Crippen LogP contribution in [0.2, 0.25) is 0 Å². The highest BCUT2D eigenvalue weighted by atomic mass is 35.5. The summed E-state index contributed by atoms with van der Waals surface area (Å²) in [6, 6.07) is 3.40. The van der Waals surface area contributed by atoms with Gasteiger partial charge in [0.25, 0.3) is 5.67 Å². The summed E-state index contributed by atoms with van der Waals surface area (Å²) in [6.45, 7) is 0. The number of hydrogen-bond donors (Lipinski definition) is 1. The van der Waals surface area contributed by atoms with Crippen molar-refractivity contribution >= 4 is 23.2 Å². The van der Waals surface area contributed by atoms with Crippen molar-refractivity contribution in [2.24, 2.45) is 0 Å². The average molecular weight is 277 g/mol. The standard InChI is InChI=1S/C9H6Cl2F4O/c10-7(12)8(13,9(11,14)15)5-1-3-6(16)4-2-5/h1-4,7,16H. The first kappa shape index (κ1) is 13.4. The van der Waals surface area contributed by atoms with E-state index in [1.807, 2.05) is 0 Å². The quantitative estimate of drug-likeness (QED) is 0.655. The number of benzene rings is 1. The number of hydrogen-bond acceptors (Lipinski definition) is 1. The fourth-order valence-electron chi connectivity index (χ4n) is 1.12. The maximum absolute atomic E-state index is 13.8. The molecule has 7 heteroatoms. The van der Waals surface area contributed by atoms with Crippen LogP contribution >= 0.6 is 23.2 Å². The highest BCUT2D eigenvalue weighted by Gasteiger charge is 2.60. The van der Waals surface area contributed by atoms with Crippen molar-refractivity contribution in [3.8, 4) is 5.75 Å². The lowest BCUT2D eigenvalue weighted by Crippen LogP contribution is -2.43. The summed E-state index contributed by atoms with van der Waals surface area (Å²) >= 11 is 9.29. The summed E-state index contributed by atoms with van der Waals surface area (Å²) < 4.78 is 52.2. The van der Waals surface area contributed by atoms with E-state index in [1.54, 1.807) is 0 Å². The Hall–Kier alpha value is -0.680. The molecular weight excluding hydrogens is 271 g/mol. The first-order chi connectivity index (χ1) is 7.19. The molecule has 0 aliphatic heterocycles. The number of aromatic hydroxyl groups is 1. The van der Waals surface area contributed by atoms with Crippen molar-refractivity contribution in [1.29, 1.82) is 0 Å². The fourth-order valence-corrected chi connectivity index (χ4v) is 1.64. The Bertz CT molecular complexity index is 363. The molecule has 2 unspecified atom stereocenters. The van der Waals surface area contributed by atoms with Crippen molar-refractivity contribution in [2.75, 3.05) is 0 Å². The van der Waals surface area contributed by atoms with Gasteiger partial charge >= 0.3 is 5.38 Å². The lowest BCUT2D eigenvalue weighted by atomic mass is 9.97. The molecule has 0 aromatic heterocycles. The van der Waals surface area contributed by atoms with Gasteiger partial charge in [0, 0.05) is 5.56 Å². The van der Waals surface area contributed by atoms with Gasteiger partial charge in [0.15, 0.2) is 0 Å². The molecule has 0 spiro atoms. The molecule has 0 radical (unpaired) electrons. The Labute approximate surface area is 98.6 Å². The Balaban J connectivity index is 3.28. The number of halogens is 6. The lowest BCUT2D eigenvalue weighted by molar-refractivity contribution is -0.0993. The second kappa shape index (κ2) is 4.30. The fraction of sp³-hybridized carbons (Fsp3) is 0.333. The van der Waals surface area contributed by atoms with Gasteiger partial charge in [-0.3, -0.25) is 0 Å². The van der Waals surface area contributed by atoms with Crippen LogP contribution in [0.5, 0.6) is 5.75 Å². The van der Waals surface area contributed by atoms with E-state index in [9.17, 15) is 17.6 Å². The van der Waals surface area contributed by atoms with Crippen LogP contribution in [-0.4, -0.2) is 16.1 Å². The third-order valence-corrected chi connectivity index (χ3v) is 2.58. The zero-order valence-electron chi connectivity index (χ0n) is 7.60. The van der Waals surface area contributed by atoms with Crippen LogP contribution in [0.4, 0.5) is 17.6 Å². The monoisotopic (exact) mass is 276 g/mol. The van der Waals surface area contributed by atoms with Crippen LogP contribution in [0.1, 0.15) is 5.56 Å². The van der Waals surface area contributed by atoms with Crippen molar-refractivity contribution in [2.45, 2.75) is 16.7 Å².